The number of fused-ring (bicyclic) bond motifs is 1. The molecule has 182 valence electrons. The van der Waals surface area contributed by atoms with Crippen molar-refractivity contribution in [2.45, 2.75) is 18.7 Å². The zero-order valence-electron chi connectivity index (χ0n) is 19.5. The Morgan fingerprint density at radius 3 is 2.34 bits per heavy atom. The molecule has 1 aromatic heterocycles. The molecule has 0 radical (unpaired) electrons. The Morgan fingerprint density at radius 2 is 1.71 bits per heavy atom. The number of hydrogen-bond acceptors (Lipinski definition) is 7. The lowest BCUT2D eigenvalue weighted by Crippen LogP contribution is -2.52. The SMILES string of the molecule is COC(=O)N1c2ccc(-c3ccc(CS(C)(=O)=O)cc3)cc2N(C(=O)Oc2ccccn2)C[C@@H]1C. The zero-order valence-corrected chi connectivity index (χ0v) is 20.4. The summed E-state index contributed by atoms with van der Waals surface area (Å²) in [5, 5.41) is 0. The van der Waals surface area contributed by atoms with Gasteiger partial charge in [0.05, 0.1) is 36.8 Å². The molecule has 0 bridgehead atoms. The summed E-state index contributed by atoms with van der Waals surface area (Å²) >= 11 is 0. The molecular weight excluding hydrogens is 470 g/mol. The molecule has 2 amide bonds. The van der Waals surface area contributed by atoms with Crippen LogP contribution in [-0.4, -0.2) is 51.5 Å². The van der Waals surface area contributed by atoms with Crippen molar-refractivity contribution in [3.63, 3.8) is 0 Å². The number of pyridine rings is 1. The number of hydrogen-bond donors (Lipinski definition) is 0. The summed E-state index contributed by atoms with van der Waals surface area (Å²) in [7, 11) is -1.84. The van der Waals surface area contributed by atoms with Crippen LogP contribution in [0.3, 0.4) is 0 Å². The Labute approximate surface area is 203 Å². The van der Waals surface area contributed by atoms with Gasteiger partial charge in [0.2, 0.25) is 5.88 Å². The molecule has 0 unspecified atom stereocenters. The lowest BCUT2D eigenvalue weighted by Gasteiger charge is -2.39. The number of methoxy groups -OCH3 is 1. The minimum absolute atomic E-state index is 0.0451. The van der Waals surface area contributed by atoms with Crippen LogP contribution in [0, 0.1) is 0 Å². The van der Waals surface area contributed by atoms with Gasteiger partial charge in [-0.1, -0.05) is 36.4 Å². The van der Waals surface area contributed by atoms with E-state index in [1.165, 1.54) is 29.4 Å². The quantitative estimate of drug-likeness (QED) is 0.532. The van der Waals surface area contributed by atoms with E-state index in [-0.39, 0.29) is 24.2 Å². The summed E-state index contributed by atoms with van der Waals surface area (Å²) in [6, 6.07) is 17.2. The van der Waals surface area contributed by atoms with Crippen molar-refractivity contribution < 1.29 is 27.5 Å². The molecule has 2 heterocycles. The van der Waals surface area contributed by atoms with Gasteiger partial charge in [0, 0.05) is 18.5 Å². The van der Waals surface area contributed by atoms with Crippen molar-refractivity contribution >= 4 is 33.4 Å². The molecular formula is C25H25N3O6S. The highest BCUT2D eigenvalue weighted by atomic mass is 32.2. The van der Waals surface area contributed by atoms with Crippen molar-refractivity contribution in [3.8, 4) is 17.0 Å². The lowest BCUT2D eigenvalue weighted by molar-refractivity contribution is 0.175. The molecule has 3 aromatic rings. The van der Waals surface area contributed by atoms with Gasteiger partial charge in [-0.2, -0.15) is 0 Å². The summed E-state index contributed by atoms with van der Waals surface area (Å²) in [5.41, 5.74) is 3.27. The predicted molar refractivity (Wildman–Crippen MR) is 132 cm³/mol. The second-order valence-corrected chi connectivity index (χ2v) is 10.4. The van der Waals surface area contributed by atoms with Gasteiger partial charge in [-0.05, 0) is 41.8 Å². The highest BCUT2D eigenvalue weighted by Crippen LogP contribution is 2.39. The van der Waals surface area contributed by atoms with E-state index in [2.05, 4.69) is 4.98 Å². The third-order valence-corrected chi connectivity index (χ3v) is 6.41. The van der Waals surface area contributed by atoms with Gasteiger partial charge in [-0.3, -0.25) is 9.80 Å². The maximum Gasteiger partial charge on any atom is 0.421 e. The number of ether oxygens (including phenoxy) is 2. The Balaban J connectivity index is 1.72. The smallest absolute Gasteiger partial charge is 0.421 e. The van der Waals surface area contributed by atoms with Crippen LogP contribution in [-0.2, 0) is 20.3 Å². The molecule has 2 aromatic carbocycles. The van der Waals surface area contributed by atoms with E-state index in [1.807, 2.05) is 25.1 Å². The first kappa shape index (κ1) is 24.2. The first-order chi connectivity index (χ1) is 16.7. The maximum absolute atomic E-state index is 13.1. The summed E-state index contributed by atoms with van der Waals surface area (Å²) in [4.78, 5) is 32.7. The number of anilines is 2. The number of nitrogens with zero attached hydrogens (tertiary/aromatic N) is 3. The number of amides is 2. The fourth-order valence-corrected chi connectivity index (χ4v) is 4.80. The second kappa shape index (κ2) is 9.75. The van der Waals surface area contributed by atoms with Crippen molar-refractivity contribution in [1.82, 2.24) is 4.98 Å². The number of sulfone groups is 1. The second-order valence-electron chi connectivity index (χ2n) is 8.31. The van der Waals surface area contributed by atoms with E-state index in [4.69, 9.17) is 9.47 Å². The van der Waals surface area contributed by atoms with E-state index in [9.17, 15) is 18.0 Å². The average molecular weight is 496 g/mol. The fourth-order valence-electron chi connectivity index (χ4n) is 4.00. The molecule has 10 heteroatoms. The summed E-state index contributed by atoms with van der Waals surface area (Å²) in [6.07, 6.45) is 1.56. The van der Waals surface area contributed by atoms with Gasteiger partial charge in [-0.15, -0.1) is 0 Å². The molecule has 0 aliphatic carbocycles. The molecule has 1 aliphatic heterocycles. The normalized spacial score (nSPS) is 15.3. The Morgan fingerprint density at radius 1 is 1.00 bits per heavy atom. The van der Waals surface area contributed by atoms with Crippen molar-refractivity contribution in [1.29, 1.82) is 0 Å². The van der Waals surface area contributed by atoms with Gasteiger partial charge < -0.3 is 9.47 Å². The molecule has 0 spiro atoms. The average Bonchev–Trinajstić information content (AvgIpc) is 2.83. The minimum Gasteiger partial charge on any atom is -0.452 e. The van der Waals surface area contributed by atoms with Crippen LogP contribution in [0.2, 0.25) is 0 Å². The van der Waals surface area contributed by atoms with Crippen LogP contribution >= 0.6 is 0 Å². The van der Waals surface area contributed by atoms with Gasteiger partial charge in [0.1, 0.15) is 0 Å². The largest absolute Gasteiger partial charge is 0.452 e. The first-order valence-electron chi connectivity index (χ1n) is 10.8. The third-order valence-electron chi connectivity index (χ3n) is 5.55. The summed E-state index contributed by atoms with van der Waals surface area (Å²) in [5.74, 6) is 0.121. The summed E-state index contributed by atoms with van der Waals surface area (Å²) in [6.45, 7) is 2.00. The maximum atomic E-state index is 13.1. The van der Waals surface area contributed by atoms with Crippen LogP contribution in [0.5, 0.6) is 5.88 Å². The molecule has 0 saturated heterocycles. The number of rotatable bonds is 4. The van der Waals surface area contributed by atoms with Crippen LogP contribution in [0.15, 0.2) is 66.9 Å². The van der Waals surface area contributed by atoms with E-state index in [1.54, 1.807) is 42.5 Å². The molecule has 1 aliphatic rings. The zero-order chi connectivity index (χ0) is 25.2. The van der Waals surface area contributed by atoms with Crippen LogP contribution in [0.4, 0.5) is 21.0 Å². The molecule has 1 atom stereocenters. The van der Waals surface area contributed by atoms with Crippen molar-refractivity contribution in [3.05, 3.63) is 72.4 Å². The summed E-state index contributed by atoms with van der Waals surface area (Å²) < 4.78 is 33.6. The molecule has 0 saturated carbocycles. The van der Waals surface area contributed by atoms with Crippen LogP contribution < -0.4 is 14.5 Å². The predicted octanol–water partition coefficient (Wildman–Crippen LogP) is 4.27. The third kappa shape index (κ3) is 5.43. The number of benzene rings is 2. The topological polar surface area (TPSA) is 106 Å². The van der Waals surface area contributed by atoms with Gasteiger partial charge >= 0.3 is 12.2 Å². The Bertz CT molecular complexity index is 1340. The van der Waals surface area contributed by atoms with E-state index in [0.29, 0.717) is 16.9 Å². The van der Waals surface area contributed by atoms with E-state index < -0.39 is 22.0 Å². The van der Waals surface area contributed by atoms with E-state index >= 15 is 0 Å². The lowest BCUT2D eigenvalue weighted by atomic mass is 10.0. The monoisotopic (exact) mass is 495 g/mol. The number of carbonyl (C=O) groups excluding carboxylic acids is 2. The highest BCUT2D eigenvalue weighted by molar-refractivity contribution is 7.89. The van der Waals surface area contributed by atoms with Gasteiger partial charge in [0.25, 0.3) is 0 Å². The Kier molecular flexibility index (Phi) is 6.74. The number of aromatic nitrogens is 1. The number of carbonyl (C=O) groups is 2. The molecule has 35 heavy (non-hydrogen) atoms. The van der Waals surface area contributed by atoms with Crippen molar-refractivity contribution in [2.75, 3.05) is 29.7 Å². The molecule has 9 nitrogen and oxygen atoms in total. The first-order valence-corrected chi connectivity index (χ1v) is 12.9. The van der Waals surface area contributed by atoms with Crippen LogP contribution in [0.1, 0.15) is 12.5 Å². The van der Waals surface area contributed by atoms with Crippen molar-refractivity contribution in [2.24, 2.45) is 0 Å². The van der Waals surface area contributed by atoms with E-state index in [0.717, 1.165) is 11.1 Å². The van der Waals surface area contributed by atoms with Gasteiger partial charge in [0.15, 0.2) is 9.84 Å². The molecule has 4 rings (SSSR count). The molecule has 0 fully saturated rings. The van der Waals surface area contributed by atoms with Crippen LogP contribution in [0.25, 0.3) is 11.1 Å². The Hall–Kier alpha value is -3.92. The highest BCUT2D eigenvalue weighted by Gasteiger charge is 2.36. The fraction of sp³-hybridized carbons (Fsp3) is 0.240. The minimum atomic E-state index is -3.14. The van der Waals surface area contributed by atoms with Gasteiger partial charge in [-0.25, -0.2) is 23.0 Å². The standard InChI is InChI=1S/C25H25N3O6S/c1-17-15-27(24(29)34-23-6-4-5-13-26-23)22-14-20(11-12-21(22)28(17)25(30)33-2)19-9-7-18(8-10-19)16-35(3,31)32/h4-14,17H,15-16H2,1-3H3/t17-/m0/s1. The molecule has 0 N–H and O–H groups in total.